The summed E-state index contributed by atoms with van der Waals surface area (Å²) in [4.78, 5) is 26.0. The highest BCUT2D eigenvalue weighted by Gasteiger charge is 2.33. The van der Waals surface area contributed by atoms with E-state index in [4.69, 9.17) is 0 Å². The molecule has 1 N–H and O–H groups in total. The number of benzene rings is 1. The first-order valence-corrected chi connectivity index (χ1v) is 6.56. The third-order valence-corrected chi connectivity index (χ3v) is 3.44. The van der Waals surface area contributed by atoms with Gasteiger partial charge in [0.1, 0.15) is 11.9 Å². The average molecular weight is 282 g/mol. The number of carbonyl (C=O) groups is 2. The molecule has 0 aliphatic carbocycles. The molecule has 102 valence electrons. The highest BCUT2D eigenvalue weighted by atomic mass is 32.1. The van der Waals surface area contributed by atoms with E-state index in [0.717, 1.165) is 0 Å². The highest BCUT2D eigenvalue weighted by Crippen LogP contribution is 2.18. The highest BCUT2D eigenvalue weighted by molar-refractivity contribution is 7.80. The molecule has 0 bridgehead atoms. The van der Waals surface area contributed by atoms with Crippen molar-refractivity contribution < 1.29 is 14.0 Å². The standard InChI is InChI=1S/C13H15FN2O2S/c1-2-11-12(17)15-5-6-16(11)13(18)9-7-8(19)3-4-10(9)14/h3-4,7,11,19H,2,5-6H2,1H3,(H,15,17). The van der Waals surface area contributed by atoms with Crippen LogP contribution in [0, 0.1) is 5.82 Å². The van der Waals surface area contributed by atoms with Crippen LogP contribution in [0.3, 0.4) is 0 Å². The molecular formula is C13H15FN2O2S. The van der Waals surface area contributed by atoms with E-state index in [9.17, 15) is 14.0 Å². The van der Waals surface area contributed by atoms with Gasteiger partial charge in [-0.05, 0) is 24.6 Å². The third-order valence-electron chi connectivity index (χ3n) is 3.16. The average Bonchev–Trinajstić information content (AvgIpc) is 2.40. The van der Waals surface area contributed by atoms with Crippen molar-refractivity contribution in [3.05, 3.63) is 29.6 Å². The fourth-order valence-corrected chi connectivity index (χ4v) is 2.40. The summed E-state index contributed by atoms with van der Waals surface area (Å²) >= 11 is 4.11. The zero-order valence-corrected chi connectivity index (χ0v) is 11.4. The molecule has 0 aromatic heterocycles. The number of amides is 2. The van der Waals surface area contributed by atoms with Gasteiger partial charge in [-0.2, -0.15) is 0 Å². The van der Waals surface area contributed by atoms with Crippen molar-refractivity contribution in [2.75, 3.05) is 13.1 Å². The summed E-state index contributed by atoms with van der Waals surface area (Å²) in [6.07, 6.45) is 0.500. The monoisotopic (exact) mass is 282 g/mol. The topological polar surface area (TPSA) is 49.4 Å². The van der Waals surface area contributed by atoms with Crippen molar-refractivity contribution >= 4 is 24.4 Å². The van der Waals surface area contributed by atoms with Gasteiger partial charge in [-0.25, -0.2) is 4.39 Å². The largest absolute Gasteiger partial charge is 0.353 e. The predicted molar refractivity (Wildman–Crippen MR) is 71.8 cm³/mol. The smallest absolute Gasteiger partial charge is 0.257 e. The first-order valence-electron chi connectivity index (χ1n) is 6.11. The molecule has 0 spiro atoms. The maximum Gasteiger partial charge on any atom is 0.257 e. The summed E-state index contributed by atoms with van der Waals surface area (Å²) in [5, 5.41) is 2.70. The zero-order valence-electron chi connectivity index (χ0n) is 10.5. The molecule has 2 rings (SSSR count). The molecule has 1 aliphatic rings. The van der Waals surface area contributed by atoms with Crippen LogP contribution in [0.15, 0.2) is 23.1 Å². The number of thiol groups is 1. The number of carbonyl (C=O) groups excluding carboxylic acids is 2. The van der Waals surface area contributed by atoms with E-state index in [0.29, 0.717) is 24.4 Å². The van der Waals surface area contributed by atoms with Crippen molar-refractivity contribution in [2.24, 2.45) is 0 Å². The number of piperazine rings is 1. The Morgan fingerprint density at radius 1 is 1.58 bits per heavy atom. The lowest BCUT2D eigenvalue weighted by Crippen LogP contribution is -2.57. The van der Waals surface area contributed by atoms with Crippen LogP contribution in [-0.4, -0.2) is 35.8 Å². The molecular weight excluding hydrogens is 267 g/mol. The Balaban J connectivity index is 2.32. The van der Waals surface area contributed by atoms with Crippen molar-refractivity contribution in [1.29, 1.82) is 0 Å². The molecule has 4 nitrogen and oxygen atoms in total. The molecule has 1 fully saturated rings. The van der Waals surface area contributed by atoms with Crippen LogP contribution in [0.2, 0.25) is 0 Å². The van der Waals surface area contributed by atoms with Gasteiger partial charge in [0.05, 0.1) is 5.56 Å². The second-order valence-electron chi connectivity index (χ2n) is 4.38. The summed E-state index contributed by atoms with van der Waals surface area (Å²) in [5.41, 5.74) is -0.0411. The van der Waals surface area contributed by atoms with Crippen LogP contribution in [0.4, 0.5) is 4.39 Å². The van der Waals surface area contributed by atoms with Gasteiger partial charge >= 0.3 is 0 Å². The Hall–Kier alpha value is -1.56. The fourth-order valence-electron chi connectivity index (χ4n) is 2.20. The normalized spacial score (nSPS) is 19.2. The molecule has 1 aromatic carbocycles. The summed E-state index contributed by atoms with van der Waals surface area (Å²) < 4.78 is 13.7. The van der Waals surface area contributed by atoms with Gasteiger partial charge in [0.25, 0.3) is 5.91 Å². The number of nitrogens with zero attached hydrogens (tertiary/aromatic N) is 1. The SMILES string of the molecule is CCC1C(=O)NCCN1C(=O)c1cc(S)ccc1F. The van der Waals surface area contributed by atoms with Crippen molar-refractivity contribution in [3.63, 3.8) is 0 Å². The number of hydrogen-bond donors (Lipinski definition) is 2. The molecule has 2 amide bonds. The molecule has 1 atom stereocenters. The summed E-state index contributed by atoms with van der Waals surface area (Å²) in [6, 6.07) is 3.54. The maximum atomic E-state index is 13.7. The minimum Gasteiger partial charge on any atom is -0.353 e. The maximum absolute atomic E-state index is 13.7. The van der Waals surface area contributed by atoms with E-state index in [1.165, 1.54) is 23.1 Å². The Bertz CT molecular complexity index is 521. The van der Waals surface area contributed by atoms with Gasteiger partial charge in [0.2, 0.25) is 5.91 Å². The Morgan fingerprint density at radius 3 is 3.00 bits per heavy atom. The molecule has 19 heavy (non-hydrogen) atoms. The van der Waals surface area contributed by atoms with Gasteiger partial charge < -0.3 is 10.2 Å². The second kappa shape index (κ2) is 5.61. The Morgan fingerprint density at radius 2 is 2.32 bits per heavy atom. The minimum absolute atomic E-state index is 0.0411. The van der Waals surface area contributed by atoms with Crippen LogP contribution >= 0.6 is 12.6 Å². The van der Waals surface area contributed by atoms with Crippen LogP contribution in [-0.2, 0) is 4.79 Å². The first kappa shape index (κ1) is 13.9. The zero-order chi connectivity index (χ0) is 14.0. The second-order valence-corrected chi connectivity index (χ2v) is 4.89. The van der Waals surface area contributed by atoms with Gasteiger partial charge in [0.15, 0.2) is 0 Å². The number of rotatable bonds is 2. The summed E-state index contributed by atoms with van der Waals surface area (Å²) in [7, 11) is 0. The molecule has 0 saturated carbocycles. The van der Waals surface area contributed by atoms with E-state index >= 15 is 0 Å². The number of nitrogens with one attached hydrogen (secondary N) is 1. The third kappa shape index (κ3) is 2.73. The van der Waals surface area contributed by atoms with Gasteiger partial charge in [-0.15, -0.1) is 12.6 Å². The molecule has 1 aromatic rings. The fraction of sp³-hybridized carbons (Fsp3) is 0.385. The summed E-state index contributed by atoms with van der Waals surface area (Å²) in [5.74, 6) is -1.25. The number of hydrogen-bond acceptors (Lipinski definition) is 3. The molecule has 1 unspecified atom stereocenters. The van der Waals surface area contributed by atoms with Crippen LogP contribution < -0.4 is 5.32 Å². The van der Waals surface area contributed by atoms with Crippen molar-refractivity contribution in [1.82, 2.24) is 10.2 Å². The molecule has 0 radical (unpaired) electrons. The molecule has 1 heterocycles. The molecule has 6 heteroatoms. The van der Waals surface area contributed by atoms with Crippen molar-refractivity contribution in [3.8, 4) is 0 Å². The van der Waals surface area contributed by atoms with E-state index in [-0.39, 0.29) is 11.5 Å². The van der Waals surface area contributed by atoms with Gasteiger partial charge in [0, 0.05) is 18.0 Å². The van der Waals surface area contributed by atoms with Crippen molar-refractivity contribution in [2.45, 2.75) is 24.3 Å². The first-order chi connectivity index (χ1) is 9.04. The quantitative estimate of drug-likeness (QED) is 0.807. The number of halogens is 1. The van der Waals surface area contributed by atoms with E-state index in [1.807, 2.05) is 6.92 Å². The lowest BCUT2D eigenvalue weighted by atomic mass is 10.1. The predicted octanol–water partition coefficient (Wildman–Crippen LogP) is 1.46. The molecule has 1 saturated heterocycles. The van der Waals surface area contributed by atoms with Crippen LogP contribution in [0.25, 0.3) is 0 Å². The minimum atomic E-state index is -0.594. The van der Waals surface area contributed by atoms with E-state index in [1.54, 1.807) is 0 Å². The Kier molecular flexibility index (Phi) is 4.09. The van der Waals surface area contributed by atoms with Gasteiger partial charge in [-0.3, -0.25) is 9.59 Å². The van der Waals surface area contributed by atoms with E-state index in [2.05, 4.69) is 17.9 Å². The van der Waals surface area contributed by atoms with Crippen LogP contribution in [0.1, 0.15) is 23.7 Å². The lowest BCUT2D eigenvalue weighted by molar-refractivity contribution is -0.127. The van der Waals surface area contributed by atoms with E-state index < -0.39 is 17.8 Å². The van der Waals surface area contributed by atoms with Crippen LogP contribution in [0.5, 0.6) is 0 Å². The lowest BCUT2D eigenvalue weighted by Gasteiger charge is -2.34. The Labute approximate surface area is 116 Å². The summed E-state index contributed by atoms with van der Waals surface area (Å²) in [6.45, 7) is 2.60. The molecule has 1 aliphatic heterocycles. The van der Waals surface area contributed by atoms with Gasteiger partial charge in [-0.1, -0.05) is 6.92 Å².